The normalized spacial score (nSPS) is 13.2. The molecule has 0 bridgehead atoms. The third-order valence-corrected chi connectivity index (χ3v) is 4.08. The van der Waals surface area contributed by atoms with Crippen LogP contribution in [0.1, 0.15) is 42.5 Å². The molecule has 1 aromatic heterocycles. The third kappa shape index (κ3) is 4.49. The minimum atomic E-state index is -0.539. The lowest BCUT2D eigenvalue weighted by Crippen LogP contribution is -2.42. The molecule has 2 rings (SSSR count). The van der Waals surface area contributed by atoms with E-state index in [2.05, 4.69) is 15.8 Å². The lowest BCUT2D eigenvalue weighted by molar-refractivity contribution is 0.234. The molecule has 0 fully saturated rings. The number of nitrogens with zero attached hydrogens (tertiary/aromatic N) is 1. The first kappa shape index (κ1) is 18.8. The highest BCUT2D eigenvalue weighted by Crippen LogP contribution is 2.27. The second-order valence-electron chi connectivity index (χ2n) is 6.10. The molecule has 7 heteroatoms. The number of benzene rings is 1. The molecule has 0 saturated heterocycles. The van der Waals surface area contributed by atoms with Gasteiger partial charge in [0.25, 0.3) is 0 Å². The van der Waals surface area contributed by atoms with E-state index in [1.165, 1.54) is 13.2 Å². The molecule has 136 valence electrons. The van der Waals surface area contributed by atoms with Gasteiger partial charge in [0.15, 0.2) is 0 Å². The van der Waals surface area contributed by atoms with Gasteiger partial charge in [0, 0.05) is 11.6 Å². The van der Waals surface area contributed by atoms with Crippen molar-refractivity contribution in [1.29, 1.82) is 0 Å². The number of aromatic nitrogens is 1. The van der Waals surface area contributed by atoms with Crippen LogP contribution >= 0.6 is 0 Å². The Morgan fingerprint density at radius 1 is 1.32 bits per heavy atom. The van der Waals surface area contributed by atoms with Gasteiger partial charge in [-0.2, -0.15) is 0 Å². The van der Waals surface area contributed by atoms with E-state index in [1.807, 2.05) is 20.8 Å². The van der Waals surface area contributed by atoms with E-state index in [0.29, 0.717) is 17.7 Å². The Morgan fingerprint density at radius 3 is 2.64 bits per heavy atom. The number of aryl methyl sites for hydroxylation is 2. The molecule has 2 aromatic rings. The van der Waals surface area contributed by atoms with Crippen molar-refractivity contribution >= 4 is 6.03 Å². The van der Waals surface area contributed by atoms with Crippen molar-refractivity contribution < 1.29 is 18.4 Å². The lowest BCUT2D eigenvalue weighted by Gasteiger charge is -2.20. The topological polar surface area (TPSA) is 76.4 Å². The Bertz CT molecular complexity index is 726. The van der Waals surface area contributed by atoms with E-state index in [-0.39, 0.29) is 12.1 Å². The molecular formula is C18H24FN3O3. The Morgan fingerprint density at radius 2 is 2.04 bits per heavy atom. The number of rotatable bonds is 6. The molecular weight excluding hydrogens is 325 g/mol. The molecule has 0 saturated carbocycles. The zero-order valence-corrected chi connectivity index (χ0v) is 15.1. The summed E-state index contributed by atoms with van der Waals surface area (Å²) in [6.45, 7) is 7.30. The number of ether oxygens (including phenoxy) is 1. The van der Waals surface area contributed by atoms with Crippen molar-refractivity contribution in [2.75, 3.05) is 7.11 Å². The summed E-state index contributed by atoms with van der Waals surface area (Å²) in [5.74, 6) is 0.725. The molecule has 2 N–H and O–H groups in total. The maximum absolute atomic E-state index is 14.1. The van der Waals surface area contributed by atoms with Crippen molar-refractivity contribution in [3.05, 3.63) is 46.6 Å². The van der Waals surface area contributed by atoms with E-state index < -0.39 is 11.9 Å². The van der Waals surface area contributed by atoms with Crippen LogP contribution in [0.5, 0.6) is 5.75 Å². The van der Waals surface area contributed by atoms with Crippen LogP contribution in [0.2, 0.25) is 0 Å². The molecule has 25 heavy (non-hydrogen) atoms. The SMILES string of the molecule is COc1cccc(F)c1[C@H](C)NC(=O)N[C@@H](C)Cc1c(C)noc1C. The Hall–Kier alpha value is -2.57. The summed E-state index contributed by atoms with van der Waals surface area (Å²) in [7, 11) is 1.47. The molecule has 2 atom stereocenters. The lowest BCUT2D eigenvalue weighted by atomic mass is 10.1. The van der Waals surface area contributed by atoms with Crippen LogP contribution in [0.15, 0.2) is 22.7 Å². The highest BCUT2D eigenvalue weighted by molar-refractivity contribution is 5.75. The second kappa shape index (κ2) is 8.00. The van der Waals surface area contributed by atoms with Gasteiger partial charge in [-0.1, -0.05) is 11.2 Å². The van der Waals surface area contributed by atoms with Crippen LogP contribution in [0.25, 0.3) is 0 Å². The first-order valence-electron chi connectivity index (χ1n) is 8.14. The van der Waals surface area contributed by atoms with Crippen molar-refractivity contribution in [3.8, 4) is 5.75 Å². The predicted molar refractivity (Wildman–Crippen MR) is 92.2 cm³/mol. The Labute approximate surface area is 146 Å². The quantitative estimate of drug-likeness (QED) is 0.838. The van der Waals surface area contributed by atoms with Crippen LogP contribution in [-0.4, -0.2) is 24.3 Å². The fourth-order valence-electron chi connectivity index (χ4n) is 2.80. The van der Waals surface area contributed by atoms with Gasteiger partial charge in [-0.3, -0.25) is 0 Å². The highest BCUT2D eigenvalue weighted by Gasteiger charge is 2.20. The van der Waals surface area contributed by atoms with Crippen molar-refractivity contribution in [3.63, 3.8) is 0 Å². The van der Waals surface area contributed by atoms with E-state index in [9.17, 15) is 9.18 Å². The zero-order valence-electron chi connectivity index (χ0n) is 15.1. The van der Waals surface area contributed by atoms with Crippen LogP contribution in [0.3, 0.4) is 0 Å². The number of carbonyl (C=O) groups is 1. The molecule has 6 nitrogen and oxygen atoms in total. The average molecular weight is 349 g/mol. The van der Waals surface area contributed by atoms with Gasteiger partial charge in [-0.15, -0.1) is 0 Å². The number of amides is 2. The van der Waals surface area contributed by atoms with Gasteiger partial charge in [0.1, 0.15) is 17.3 Å². The largest absolute Gasteiger partial charge is 0.496 e. The first-order chi connectivity index (χ1) is 11.8. The summed E-state index contributed by atoms with van der Waals surface area (Å²) in [4.78, 5) is 12.2. The number of halogens is 1. The van der Waals surface area contributed by atoms with Crippen molar-refractivity contribution in [2.45, 2.75) is 46.2 Å². The molecule has 0 aliphatic heterocycles. The zero-order chi connectivity index (χ0) is 18.6. The maximum atomic E-state index is 14.1. The van der Waals surface area contributed by atoms with Gasteiger partial charge in [0.05, 0.1) is 24.4 Å². The van der Waals surface area contributed by atoms with Gasteiger partial charge < -0.3 is 19.9 Å². The molecule has 1 aromatic carbocycles. The summed E-state index contributed by atoms with van der Waals surface area (Å²) >= 11 is 0. The average Bonchev–Trinajstić information content (AvgIpc) is 2.85. The fourth-order valence-corrected chi connectivity index (χ4v) is 2.80. The van der Waals surface area contributed by atoms with Gasteiger partial charge in [0.2, 0.25) is 0 Å². The number of methoxy groups -OCH3 is 1. The first-order valence-corrected chi connectivity index (χ1v) is 8.14. The molecule has 1 heterocycles. The number of carbonyl (C=O) groups excluding carboxylic acids is 1. The number of nitrogens with one attached hydrogen (secondary N) is 2. The van der Waals surface area contributed by atoms with Crippen LogP contribution < -0.4 is 15.4 Å². The number of hydrogen-bond acceptors (Lipinski definition) is 4. The minimum absolute atomic E-state index is 0.133. The maximum Gasteiger partial charge on any atom is 0.315 e. The summed E-state index contributed by atoms with van der Waals surface area (Å²) in [5.41, 5.74) is 2.12. The van der Waals surface area contributed by atoms with Crippen molar-refractivity contribution in [2.24, 2.45) is 0 Å². The summed E-state index contributed by atoms with van der Waals surface area (Å²) in [5, 5.41) is 9.50. The van der Waals surface area contributed by atoms with E-state index in [0.717, 1.165) is 17.0 Å². The Kier molecular flexibility index (Phi) is 6.01. The van der Waals surface area contributed by atoms with E-state index in [4.69, 9.17) is 9.26 Å². The number of urea groups is 1. The van der Waals surface area contributed by atoms with Crippen LogP contribution in [0.4, 0.5) is 9.18 Å². The summed E-state index contributed by atoms with van der Waals surface area (Å²) < 4.78 is 24.4. The standard InChI is InChI=1S/C18H24FN3O3/c1-10(9-14-11(2)22-25-13(14)4)20-18(23)21-12(3)17-15(19)7-6-8-16(17)24-5/h6-8,10,12H,9H2,1-5H3,(H2,20,21,23)/t10-,12-/m0/s1. The van der Waals surface area contributed by atoms with Crippen LogP contribution in [-0.2, 0) is 6.42 Å². The van der Waals surface area contributed by atoms with E-state index >= 15 is 0 Å². The molecule has 0 aliphatic rings. The van der Waals surface area contributed by atoms with Gasteiger partial charge in [-0.25, -0.2) is 9.18 Å². The summed E-state index contributed by atoms with van der Waals surface area (Å²) in [6.07, 6.45) is 0.603. The smallest absolute Gasteiger partial charge is 0.315 e. The van der Waals surface area contributed by atoms with Crippen LogP contribution in [0, 0.1) is 19.7 Å². The highest BCUT2D eigenvalue weighted by atomic mass is 19.1. The van der Waals surface area contributed by atoms with Gasteiger partial charge >= 0.3 is 6.03 Å². The second-order valence-corrected chi connectivity index (χ2v) is 6.10. The Balaban J connectivity index is 1.98. The molecule has 0 spiro atoms. The fraction of sp³-hybridized carbons (Fsp3) is 0.444. The van der Waals surface area contributed by atoms with E-state index in [1.54, 1.807) is 19.1 Å². The van der Waals surface area contributed by atoms with Crippen molar-refractivity contribution in [1.82, 2.24) is 15.8 Å². The van der Waals surface area contributed by atoms with Gasteiger partial charge in [-0.05, 0) is 46.2 Å². The molecule has 0 aliphatic carbocycles. The monoisotopic (exact) mass is 349 g/mol. The molecule has 0 unspecified atom stereocenters. The summed E-state index contributed by atoms with van der Waals surface area (Å²) in [6, 6.07) is 3.52. The molecule has 2 amide bonds. The number of hydrogen-bond donors (Lipinski definition) is 2. The minimum Gasteiger partial charge on any atom is -0.496 e. The predicted octanol–water partition coefficient (Wildman–Crippen LogP) is 3.43. The molecule has 0 radical (unpaired) electrons. The third-order valence-electron chi connectivity index (χ3n) is 4.08.